The molecule has 0 saturated carbocycles. The van der Waals surface area contributed by atoms with Crippen LogP contribution in [0.5, 0.6) is 5.75 Å². The first-order chi connectivity index (χ1) is 11.7. The van der Waals surface area contributed by atoms with Gasteiger partial charge >= 0.3 is 0 Å². The highest BCUT2D eigenvalue weighted by Crippen LogP contribution is 2.11. The van der Waals surface area contributed by atoms with Crippen molar-refractivity contribution in [2.24, 2.45) is 4.99 Å². The van der Waals surface area contributed by atoms with Gasteiger partial charge in [-0.2, -0.15) is 0 Å². The first kappa shape index (κ1) is 19.5. The summed E-state index contributed by atoms with van der Waals surface area (Å²) >= 11 is 0. The molecule has 0 aliphatic rings. The van der Waals surface area contributed by atoms with Crippen molar-refractivity contribution in [3.8, 4) is 5.75 Å². The smallest absolute Gasteiger partial charge is 0.251 e. The molecule has 0 aliphatic carbocycles. The predicted molar refractivity (Wildman–Crippen MR) is 95.7 cm³/mol. The summed E-state index contributed by atoms with van der Waals surface area (Å²) in [7, 11) is 3.20. The second-order valence-corrected chi connectivity index (χ2v) is 4.81. The monoisotopic (exact) mass is 334 g/mol. The van der Waals surface area contributed by atoms with Crippen LogP contribution in [0.4, 0.5) is 0 Å². The first-order valence-electron chi connectivity index (χ1n) is 7.75. The van der Waals surface area contributed by atoms with Crippen LogP contribution in [0.1, 0.15) is 10.4 Å². The Morgan fingerprint density at radius 3 is 2.75 bits per heavy atom. The molecule has 3 N–H and O–H groups in total. The molecule has 1 amide bonds. The summed E-state index contributed by atoms with van der Waals surface area (Å²) in [5, 5.41) is 9.08. The minimum atomic E-state index is -0.146. The molecule has 0 atom stereocenters. The SMILES string of the molecule is C=CCNC(=NCCOC)NCCNC(=O)c1cccc(OC)c1. The van der Waals surface area contributed by atoms with Gasteiger partial charge in [0.2, 0.25) is 0 Å². The zero-order chi connectivity index (χ0) is 17.6. The summed E-state index contributed by atoms with van der Waals surface area (Å²) in [6.07, 6.45) is 1.75. The van der Waals surface area contributed by atoms with E-state index in [2.05, 4.69) is 27.5 Å². The van der Waals surface area contributed by atoms with Gasteiger partial charge in [-0.25, -0.2) is 0 Å². The van der Waals surface area contributed by atoms with E-state index in [0.29, 0.717) is 50.1 Å². The van der Waals surface area contributed by atoms with Crippen LogP contribution in [0.15, 0.2) is 41.9 Å². The highest BCUT2D eigenvalue weighted by atomic mass is 16.5. The number of rotatable bonds is 10. The maximum absolute atomic E-state index is 12.1. The van der Waals surface area contributed by atoms with Gasteiger partial charge in [-0.3, -0.25) is 9.79 Å². The van der Waals surface area contributed by atoms with E-state index in [9.17, 15) is 4.79 Å². The lowest BCUT2D eigenvalue weighted by molar-refractivity contribution is 0.0954. The first-order valence-corrected chi connectivity index (χ1v) is 7.75. The molecule has 24 heavy (non-hydrogen) atoms. The van der Waals surface area contributed by atoms with E-state index in [1.54, 1.807) is 44.6 Å². The highest BCUT2D eigenvalue weighted by molar-refractivity contribution is 5.94. The third-order valence-corrected chi connectivity index (χ3v) is 3.01. The Hall–Kier alpha value is -2.54. The van der Waals surface area contributed by atoms with Crippen molar-refractivity contribution in [1.29, 1.82) is 0 Å². The number of benzene rings is 1. The van der Waals surface area contributed by atoms with Crippen molar-refractivity contribution in [3.05, 3.63) is 42.5 Å². The average molecular weight is 334 g/mol. The van der Waals surface area contributed by atoms with Gasteiger partial charge in [0.1, 0.15) is 5.75 Å². The number of aliphatic imine (C=N–C) groups is 1. The molecular weight excluding hydrogens is 308 g/mol. The van der Waals surface area contributed by atoms with Gasteiger partial charge in [0.05, 0.1) is 20.3 Å². The largest absolute Gasteiger partial charge is 0.497 e. The lowest BCUT2D eigenvalue weighted by Gasteiger charge is -2.12. The zero-order valence-electron chi connectivity index (χ0n) is 14.3. The Kier molecular flexibility index (Phi) is 9.72. The highest BCUT2D eigenvalue weighted by Gasteiger charge is 2.05. The second-order valence-electron chi connectivity index (χ2n) is 4.81. The normalized spacial score (nSPS) is 10.8. The number of ether oxygens (including phenoxy) is 2. The van der Waals surface area contributed by atoms with Crippen LogP contribution >= 0.6 is 0 Å². The molecule has 0 aliphatic heterocycles. The van der Waals surface area contributed by atoms with E-state index in [1.165, 1.54) is 0 Å². The van der Waals surface area contributed by atoms with Crippen LogP contribution < -0.4 is 20.7 Å². The summed E-state index contributed by atoms with van der Waals surface area (Å²) in [5.41, 5.74) is 0.563. The van der Waals surface area contributed by atoms with Crippen LogP contribution in [-0.4, -0.2) is 58.9 Å². The molecule has 0 heterocycles. The van der Waals surface area contributed by atoms with Gasteiger partial charge in [-0.05, 0) is 18.2 Å². The summed E-state index contributed by atoms with van der Waals surface area (Å²) in [4.78, 5) is 16.4. The van der Waals surface area contributed by atoms with Crippen LogP contribution in [0.3, 0.4) is 0 Å². The van der Waals surface area contributed by atoms with Crippen LogP contribution in [0.25, 0.3) is 0 Å². The summed E-state index contributed by atoms with van der Waals surface area (Å²) in [6.45, 7) is 6.38. The molecule has 1 aromatic carbocycles. The van der Waals surface area contributed by atoms with Gasteiger partial charge in [-0.15, -0.1) is 6.58 Å². The Labute approximate surface area is 143 Å². The number of carbonyl (C=O) groups excluding carboxylic acids is 1. The lowest BCUT2D eigenvalue weighted by Crippen LogP contribution is -2.41. The van der Waals surface area contributed by atoms with E-state index in [4.69, 9.17) is 9.47 Å². The summed E-state index contributed by atoms with van der Waals surface area (Å²) in [5.74, 6) is 1.16. The fourth-order valence-corrected chi connectivity index (χ4v) is 1.82. The van der Waals surface area contributed by atoms with Crippen molar-refractivity contribution in [2.75, 3.05) is 47.0 Å². The Bertz CT molecular complexity index is 546. The predicted octanol–water partition coefficient (Wildman–Crippen LogP) is 0.793. The lowest BCUT2D eigenvalue weighted by atomic mass is 10.2. The van der Waals surface area contributed by atoms with Crippen molar-refractivity contribution in [3.63, 3.8) is 0 Å². The summed E-state index contributed by atoms with van der Waals surface area (Å²) in [6, 6.07) is 7.03. The Morgan fingerprint density at radius 2 is 2.04 bits per heavy atom. The zero-order valence-corrected chi connectivity index (χ0v) is 14.3. The molecule has 7 heteroatoms. The molecule has 0 unspecified atom stereocenters. The summed E-state index contributed by atoms with van der Waals surface area (Å²) < 4.78 is 10.1. The number of nitrogens with one attached hydrogen (secondary N) is 3. The van der Waals surface area contributed by atoms with E-state index >= 15 is 0 Å². The van der Waals surface area contributed by atoms with Crippen LogP contribution in [-0.2, 0) is 4.74 Å². The molecule has 0 saturated heterocycles. The van der Waals surface area contributed by atoms with E-state index in [-0.39, 0.29) is 5.91 Å². The fraction of sp³-hybridized carbons (Fsp3) is 0.412. The van der Waals surface area contributed by atoms with Gasteiger partial charge < -0.3 is 25.4 Å². The third kappa shape index (κ3) is 7.64. The minimum Gasteiger partial charge on any atom is -0.497 e. The number of methoxy groups -OCH3 is 2. The van der Waals surface area contributed by atoms with Crippen molar-refractivity contribution >= 4 is 11.9 Å². The Morgan fingerprint density at radius 1 is 1.25 bits per heavy atom. The van der Waals surface area contributed by atoms with E-state index in [1.807, 2.05) is 0 Å². The number of nitrogens with zero attached hydrogens (tertiary/aromatic N) is 1. The fourth-order valence-electron chi connectivity index (χ4n) is 1.82. The van der Waals surface area contributed by atoms with E-state index < -0.39 is 0 Å². The molecule has 7 nitrogen and oxygen atoms in total. The maximum atomic E-state index is 12.1. The number of amides is 1. The van der Waals surface area contributed by atoms with Crippen molar-refractivity contribution in [1.82, 2.24) is 16.0 Å². The second kappa shape index (κ2) is 12.0. The number of carbonyl (C=O) groups is 1. The average Bonchev–Trinajstić information content (AvgIpc) is 2.62. The van der Waals surface area contributed by atoms with Crippen molar-refractivity contribution in [2.45, 2.75) is 0 Å². The molecule has 0 fully saturated rings. The van der Waals surface area contributed by atoms with E-state index in [0.717, 1.165) is 0 Å². The minimum absolute atomic E-state index is 0.146. The van der Waals surface area contributed by atoms with Gasteiger partial charge in [0, 0.05) is 32.3 Å². The molecule has 0 aromatic heterocycles. The number of hydrogen-bond acceptors (Lipinski definition) is 4. The quantitative estimate of drug-likeness (QED) is 0.255. The molecule has 0 radical (unpaired) electrons. The maximum Gasteiger partial charge on any atom is 0.251 e. The standard InChI is InChI=1S/C17H26N4O3/c1-4-8-19-17(21-11-12-23-2)20-10-9-18-16(22)14-6-5-7-15(13-14)24-3/h4-7,13H,1,8-12H2,2-3H3,(H,18,22)(H2,19,20,21). The molecule has 132 valence electrons. The van der Waals surface area contributed by atoms with Gasteiger partial charge in [0.25, 0.3) is 5.91 Å². The Balaban J connectivity index is 2.39. The van der Waals surface area contributed by atoms with Gasteiger partial charge in [-0.1, -0.05) is 12.1 Å². The molecule has 0 spiro atoms. The number of guanidine groups is 1. The molecular formula is C17H26N4O3. The van der Waals surface area contributed by atoms with Crippen LogP contribution in [0.2, 0.25) is 0 Å². The van der Waals surface area contributed by atoms with Gasteiger partial charge in [0.15, 0.2) is 5.96 Å². The molecule has 1 rings (SSSR count). The molecule has 1 aromatic rings. The number of hydrogen-bond donors (Lipinski definition) is 3. The van der Waals surface area contributed by atoms with Crippen molar-refractivity contribution < 1.29 is 14.3 Å². The third-order valence-electron chi connectivity index (χ3n) is 3.01. The van der Waals surface area contributed by atoms with Crippen LogP contribution in [0, 0.1) is 0 Å². The topological polar surface area (TPSA) is 84.0 Å². The molecule has 0 bridgehead atoms.